The van der Waals surface area contributed by atoms with Gasteiger partial charge in [0.2, 0.25) is 5.75 Å². The van der Waals surface area contributed by atoms with Gasteiger partial charge in [-0.2, -0.15) is 0 Å². The highest BCUT2D eigenvalue weighted by molar-refractivity contribution is 9.10. The fraction of sp³-hybridized carbons (Fsp3) is 0.0769. The molecular formula is C13H8Br2ClNO3. The molecule has 0 amide bonds. The number of nitro benzene ring substituents is 1. The van der Waals surface area contributed by atoms with Crippen molar-refractivity contribution >= 4 is 49.1 Å². The zero-order chi connectivity index (χ0) is 14.7. The quantitative estimate of drug-likeness (QED) is 0.364. The second-order valence-electron chi connectivity index (χ2n) is 3.86. The summed E-state index contributed by atoms with van der Waals surface area (Å²) in [6, 6.07) is 9.88. The molecule has 20 heavy (non-hydrogen) atoms. The van der Waals surface area contributed by atoms with Crippen LogP contribution in [0.5, 0.6) is 11.5 Å². The largest absolute Gasteiger partial charge is 0.450 e. The Morgan fingerprint density at radius 3 is 2.55 bits per heavy atom. The highest BCUT2D eigenvalue weighted by Gasteiger charge is 2.16. The molecular weight excluding hydrogens is 413 g/mol. The fourth-order valence-electron chi connectivity index (χ4n) is 1.55. The van der Waals surface area contributed by atoms with Crippen molar-refractivity contribution in [1.29, 1.82) is 0 Å². The van der Waals surface area contributed by atoms with Crippen LogP contribution in [-0.2, 0) is 5.88 Å². The van der Waals surface area contributed by atoms with E-state index in [4.69, 9.17) is 16.3 Å². The van der Waals surface area contributed by atoms with Crippen molar-refractivity contribution in [1.82, 2.24) is 0 Å². The average molecular weight is 421 g/mol. The second-order valence-corrected chi connectivity index (χ2v) is 5.90. The molecule has 0 heterocycles. The topological polar surface area (TPSA) is 52.4 Å². The first-order valence-electron chi connectivity index (χ1n) is 5.47. The van der Waals surface area contributed by atoms with Gasteiger partial charge in [0.05, 0.1) is 4.92 Å². The first kappa shape index (κ1) is 15.3. The van der Waals surface area contributed by atoms with E-state index in [1.165, 1.54) is 6.07 Å². The van der Waals surface area contributed by atoms with E-state index < -0.39 is 4.92 Å². The summed E-state index contributed by atoms with van der Waals surface area (Å²) in [5.74, 6) is 1.05. The summed E-state index contributed by atoms with van der Waals surface area (Å²) in [6.07, 6.45) is 0. The van der Waals surface area contributed by atoms with Crippen molar-refractivity contribution in [3.8, 4) is 11.5 Å². The van der Waals surface area contributed by atoms with E-state index in [0.29, 0.717) is 16.1 Å². The molecule has 0 aliphatic heterocycles. The number of halogens is 3. The SMILES string of the molecule is O=[N+]([O-])c1cc(Br)ccc1Oc1ccc(CCl)c(Br)c1. The van der Waals surface area contributed by atoms with E-state index >= 15 is 0 Å². The summed E-state index contributed by atoms with van der Waals surface area (Å²) >= 11 is 12.3. The molecule has 4 nitrogen and oxygen atoms in total. The molecule has 0 aliphatic carbocycles. The summed E-state index contributed by atoms with van der Waals surface area (Å²) in [4.78, 5) is 10.5. The van der Waals surface area contributed by atoms with Gasteiger partial charge in [-0.05, 0) is 29.8 Å². The number of rotatable bonds is 4. The Morgan fingerprint density at radius 1 is 1.20 bits per heavy atom. The van der Waals surface area contributed by atoms with Crippen LogP contribution in [0.2, 0.25) is 0 Å². The summed E-state index contributed by atoms with van der Waals surface area (Å²) in [5, 5.41) is 11.0. The van der Waals surface area contributed by atoms with E-state index in [0.717, 1.165) is 10.0 Å². The zero-order valence-corrected chi connectivity index (χ0v) is 13.9. The summed E-state index contributed by atoms with van der Waals surface area (Å²) in [5.41, 5.74) is 0.821. The molecule has 0 aromatic heterocycles. The molecule has 0 aliphatic rings. The Bertz CT molecular complexity index is 664. The minimum atomic E-state index is -0.484. The molecule has 2 aromatic rings. The molecule has 2 rings (SSSR count). The van der Waals surface area contributed by atoms with Crippen molar-refractivity contribution in [3.63, 3.8) is 0 Å². The van der Waals surface area contributed by atoms with Gasteiger partial charge in [0.1, 0.15) is 5.75 Å². The molecule has 0 saturated carbocycles. The first-order chi connectivity index (χ1) is 9.51. The summed E-state index contributed by atoms with van der Waals surface area (Å²) < 4.78 is 6.99. The standard InChI is InChI=1S/C13H8Br2ClNO3/c14-9-2-4-13(12(5-9)17(18)19)20-10-3-1-8(7-16)11(15)6-10/h1-6H,7H2. The predicted octanol–water partition coefficient (Wildman–Crippen LogP) is 5.65. The Kier molecular flexibility index (Phi) is 5.01. The van der Waals surface area contributed by atoms with Crippen LogP contribution in [0.4, 0.5) is 5.69 Å². The molecule has 0 bridgehead atoms. The van der Waals surface area contributed by atoms with Crippen molar-refractivity contribution in [2.45, 2.75) is 5.88 Å². The fourth-order valence-corrected chi connectivity index (χ4v) is 2.79. The molecule has 0 fully saturated rings. The summed E-state index contributed by atoms with van der Waals surface area (Å²) in [6.45, 7) is 0. The van der Waals surface area contributed by atoms with E-state index in [9.17, 15) is 10.1 Å². The van der Waals surface area contributed by atoms with Crippen LogP contribution < -0.4 is 4.74 Å². The Morgan fingerprint density at radius 2 is 1.95 bits per heavy atom. The van der Waals surface area contributed by atoms with Gasteiger partial charge in [-0.3, -0.25) is 10.1 Å². The smallest absolute Gasteiger partial charge is 0.312 e. The maximum atomic E-state index is 11.0. The van der Waals surface area contributed by atoms with Crippen LogP contribution in [0.15, 0.2) is 45.3 Å². The Hall–Kier alpha value is -1.11. The van der Waals surface area contributed by atoms with Crippen molar-refractivity contribution in [2.75, 3.05) is 0 Å². The highest BCUT2D eigenvalue weighted by atomic mass is 79.9. The molecule has 104 valence electrons. The van der Waals surface area contributed by atoms with Crippen LogP contribution in [0.25, 0.3) is 0 Å². The number of hydrogen-bond donors (Lipinski definition) is 0. The normalized spacial score (nSPS) is 10.3. The lowest BCUT2D eigenvalue weighted by Crippen LogP contribution is -1.94. The molecule has 0 spiro atoms. The number of ether oxygens (including phenoxy) is 1. The molecule has 0 saturated heterocycles. The molecule has 2 aromatic carbocycles. The number of nitro groups is 1. The third-order valence-electron chi connectivity index (χ3n) is 2.51. The van der Waals surface area contributed by atoms with Crippen LogP contribution in [-0.4, -0.2) is 4.92 Å². The van der Waals surface area contributed by atoms with Crippen LogP contribution in [0.1, 0.15) is 5.56 Å². The van der Waals surface area contributed by atoms with Gasteiger partial charge < -0.3 is 4.74 Å². The second kappa shape index (κ2) is 6.56. The zero-order valence-electron chi connectivity index (χ0n) is 9.98. The molecule has 0 radical (unpaired) electrons. The lowest BCUT2D eigenvalue weighted by atomic mass is 10.2. The van der Waals surface area contributed by atoms with E-state index in [1.54, 1.807) is 30.3 Å². The monoisotopic (exact) mass is 419 g/mol. The molecule has 7 heteroatoms. The van der Waals surface area contributed by atoms with Crippen LogP contribution >= 0.6 is 43.5 Å². The first-order valence-corrected chi connectivity index (χ1v) is 7.59. The molecule has 0 unspecified atom stereocenters. The van der Waals surface area contributed by atoms with Crippen molar-refractivity contribution in [2.24, 2.45) is 0 Å². The lowest BCUT2D eigenvalue weighted by Gasteiger charge is -2.08. The van der Waals surface area contributed by atoms with Crippen LogP contribution in [0, 0.1) is 10.1 Å². The maximum Gasteiger partial charge on any atom is 0.312 e. The van der Waals surface area contributed by atoms with Gasteiger partial charge in [-0.25, -0.2) is 0 Å². The predicted molar refractivity (Wildman–Crippen MR) is 84.6 cm³/mol. The molecule has 0 atom stereocenters. The Labute approximate surface area is 137 Å². The Balaban J connectivity index is 2.35. The minimum Gasteiger partial charge on any atom is -0.450 e. The maximum absolute atomic E-state index is 11.0. The van der Waals surface area contributed by atoms with Gasteiger partial charge in [0.25, 0.3) is 0 Å². The third-order valence-corrected chi connectivity index (χ3v) is 4.03. The van der Waals surface area contributed by atoms with Gasteiger partial charge >= 0.3 is 5.69 Å². The molecule has 0 N–H and O–H groups in total. The van der Waals surface area contributed by atoms with Gasteiger partial charge in [-0.15, -0.1) is 11.6 Å². The lowest BCUT2D eigenvalue weighted by molar-refractivity contribution is -0.385. The van der Waals surface area contributed by atoms with E-state index in [-0.39, 0.29) is 11.4 Å². The minimum absolute atomic E-state index is 0.100. The van der Waals surface area contributed by atoms with Crippen molar-refractivity contribution < 1.29 is 9.66 Å². The van der Waals surface area contributed by atoms with E-state index in [2.05, 4.69) is 31.9 Å². The number of benzene rings is 2. The average Bonchev–Trinajstić information content (AvgIpc) is 2.41. The van der Waals surface area contributed by atoms with E-state index in [1.807, 2.05) is 0 Å². The van der Waals surface area contributed by atoms with Crippen LogP contribution in [0.3, 0.4) is 0 Å². The number of hydrogen-bond acceptors (Lipinski definition) is 3. The van der Waals surface area contributed by atoms with Crippen molar-refractivity contribution in [3.05, 3.63) is 61.0 Å². The van der Waals surface area contributed by atoms with Gasteiger partial charge in [-0.1, -0.05) is 37.9 Å². The number of nitrogens with zero attached hydrogens (tertiary/aromatic N) is 1. The van der Waals surface area contributed by atoms with Gasteiger partial charge in [0.15, 0.2) is 0 Å². The highest BCUT2D eigenvalue weighted by Crippen LogP contribution is 2.35. The number of alkyl halides is 1. The summed E-state index contributed by atoms with van der Waals surface area (Å²) in [7, 11) is 0. The third kappa shape index (κ3) is 3.50. The van der Waals surface area contributed by atoms with Gasteiger partial charge in [0, 0.05) is 20.9 Å².